The fourth-order valence-corrected chi connectivity index (χ4v) is 2.40. The molecule has 0 aromatic heterocycles. The van der Waals surface area contributed by atoms with Gasteiger partial charge in [0.05, 0.1) is 0 Å². The van der Waals surface area contributed by atoms with Crippen LogP contribution in [0.25, 0.3) is 0 Å². The van der Waals surface area contributed by atoms with Crippen LogP contribution in [0.15, 0.2) is 24.3 Å². The van der Waals surface area contributed by atoms with E-state index in [1.165, 1.54) is 30.5 Å². The molecule has 0 saturated heterocycles. The van der Waals surface area contributed by atoms with E-state index in [0.717, 1.165) is 13.1 Å². The zero-order valence-corrected chi connectivity index (χ0v) is 9.45. The van der Waals surface area contributed by atoms with Crippen molar-refractivity contribution in [2.24, 2.45) is 5.73 Å². The number of nitrogens with two attached hydrogens (primary N) is 1. The Morgan fingerprint density at radius 2 is 2.20 bits per heavy atom. The van der Waals surface area contributed by atoms with Gasteiger partial charge in [-0.25, -0.2) is 0 Å². The highest BCUT2D eigenvalue weighted by Crippen LogP contribution is 2.32. The third kappa shape index (κ3) is 2.06. The third-order valence-electron chi connectivity index (χ3n) is 3.25. The third-order valence-corrected chi connectivity index (χ3v) is 3.25. The van der Waals surface area contributed by atoms with E-state index in [-0.39, 0.29) is 0 Å². The lowest BCUT2D eigenvalue weighted by Gasteiger charge is -2.23. The molecule has 0 saturated carbocycles. The van der Waals surface area contributed by atoms with Crippen LogP contribution in [0.2, 0.25) is 0 Å². The van der Waals surface area contributed by atoms with E-state index < -0.39 is 0 Å². The summed E-state index contributed by atoms with van der Waals surface area (Å²) < 4.78 is 0. The van der Waals surface area contributed by atoms with Crippen molar-refractivity contribution in [2.75, 3.05) is 13.1 Å². The van der Waals surface area contributed by atoms with Gasteiger partial charge in [-0.05, 0) is 24.1 Å². The largest absolute Gasteiger partial charge is 0.329 e. The molecule has 2 heteroatoms. The lowest BCUT2D eigenvalue weighted by molar-refractivity contribution is 0.217. The van der Waals surface area contributed by atoms with Crippen molar-refractivity contribution < 1.29 is 0 Å². The molecule has 0 radical (unpaired) electrons. The lowest BCUT2D eigenvalue weighted by Crippen LogP contribution is -2.28. The summed E-state index contributed by atoms with van der Waals surface area (Å²) in [6.45, 7) is 5.23. The smallest absolute Gasteiger partial charge is 0.0477 e. The molecule has 15 heavy (non-hydrogen) atoms. The van der Waals surface area contributed by atoms with Gasteiger partial charge in [0.1, 0.15) is 0 Å². The Balaban J connectivity index is 2.13. The molecule has 2 rings (SSSR count). The van der Waals surface area contributed by atoms with Crippen LogP contribution in [-0.4, -0.2) is 18.0 Å². The van der Waals surface area contributed by atoms with E-state index in [1.54, 1.807) is 0 Å². The van der Waals surface area contributed by atoms with Crippen LogP contribution in [0.3, 0.4) is 0 Å². The Morgan fingerprint density at radius 3 is 2.93 bits per heavy atom. The summed E-state index contributed by atoms with van der Waals surface area (Å²) in [5, 5.41) is 0. The summed E-state index contributed by atoms with van der Waals surface area (Å²) in [4.78, 5) is 2.51. The number of hydrogen-bond donors (Lipinski definition) is 1. The predicted molar refractivity (Wildman–Crippen MR) is 63.6 cm³/mol. The Morgan fingerprint density at radius 1 is 1.40 bits per heavy atom. The van der Waals surface area contributed by atoms with Gasteiger partial charge in [-0.15, -0.1) is 0 Å². The second kappa shape index (κ2) is 4.77. The highest BCUT2D eigenvalue weighted by Gasteiger charge is 2.27. The van der Waals surface area contributed by atoms with E-state index in [0.29, 0.717) is 6.04 Å². The van der Waals surface area contributed by atoms with E-state index in [9.17, 15) is 0 Å². The van der Waals surface area contributed by atoms with Crippen molar-refractivity contribution in [1.82, 2.24) is 4.90 Å². The Hall–Kier alpha value is -0.860. The molecule has 1 aliphatic rings. The lowest BCUT2D eigenvalue weighted by atomic mass is 10.1. The Kier molecular flexibility index (Phi) is 3.39. The van der Waals surface area contributed by atoms with Gasteiger partial charge in [-0.3, -0.25) is 4.90 Å². The molecular weight excluding hydrogens is 184 g/mol. The zero-order valence-electron chi connectivity index (χ0n) is 9.45. The topological polar surface area (TPSA) is 29.3 Å². The molecule has 1 unspecified atom stereocenters. The summed E-state index contributed by atoms with van der Waals surface area (Å²) in [5.41, 5.74) is 8.77. The minimum atomic E-state index is 0.452. The van der Waals surface area contributed by atoms with Gasteiger partial charge >= 0.3 is 0 Å². The number of fused-ring (bicyclic) bond motifs is 1. The molecule has 0 spiro atoms. The second-order valence-electron chi connectivity index (χ2n) is 4.27. The van der Waals surface area contributed by atoms with Crippen LogP contribution >= 0.6 is 0 Å². The minimum Gasteiger partial charge on any atom is -0.329 e. The van der Waals surface area contributed by atoms with Crippen LogP contribution < -0.4 is 5.73 Å². The molecular formula is C13H20N2. The van der Waals surface area contributed by atoms with Gasteiger partial charge in [0.25, 0.3) is 0 Å². The SMILES string of the molecule is CCCCN1Cc2ccccc2C1CN. The maximum Gasteiger partial charge on any atom is 0.0477 e. The highest BCUT2D eigenvalue weighted by molar-refractivity contribution is 5.34. The number of unbranched alkanes of at least 4 members (excludes halogenated alkanes) is 1. The average molecular weight is 204 g/mol. The molecule has 2 N–H and O–H groups in total. The van der Waals surface area contributed by atoms with E-state index in [4.69, 9.17) is 5.73 Å². The first-order valence-electron chi connectivity index (χ1n) is 5.88. The first-order chi connectivity index (χ1) is 7.36. The van der Waals surface area contributed by atoms with Crippen molar-refractivity contribution >= 4 is 0 Å². The predicted octanol–water partition coefficient (Wildman–Crippen LogP) is 2.30. The molecule has 1 aromatic carbocycles. The maximum absolute atomic E-state index is 5.87. The highest BCUT2D eigenvalue weighted by atomic mass is 15.2. The molecule has 0 fully saturated rings. The Bertz CT molecular complexity index is 322. The molecule has 0 bridgehead atoms. The summed E-state index contributed by atoms with van der Waals surface area (Å²) in [6, 6.07) is 9.14. The quantitative estimate of drug-likeness (QED) is 0.815. The molecule has 1 atom stereocenters. The summed E-state index contributed by atoms with van der Waals surface area (Å²) in [6.07, 6.45) is 2.52. The minimum absolute atomic E-state index is 0.452. The number of hydrogen-bond acceptors (Lipinski definition) is 2. The van der Waals surface area contributed by atoms with Gasteiger partial charge in [0.15, 0.2) is 0 Å². The second-order valence-corrected chi connectivity index (χ2v) is 4.27. The van der Waals surface area contributed by atoms with Crippen LogP contribution in [0.4, 0.5) is 0 Å². The van der Waals surface area contributed by atoms with Crippen LogP contribution in [-0.2, 0) is 6.54 Å². The molecule has 1 aromatic rings. The van der Waals surface area contributed by atoms with Crippen molar-refractivity contribution in [3.05, 3.63) is 35.4 Å². The van der Waals surface area contributed by atoms with Gasteiger partial charge in [-0.1, -0.05) is 37.6 Å². The average Bonchev–Trinajstić information content (AvgIpc) is 2.63. The first-order valence-corrected chi connectivity index (χ1v) is 5.88. The van der Waals surface area contributed by atoms with Crippen LogP contribution in [0.5, 0.6) is 0 Å². The van der Waals surface area contributed by atoms with Crippen LogP contribution in [0.1, 0.15) is 36.9 Å². The fourth-order valence-electron chi connectivity index (χ4n) is 2.40. The van der Waals surface area contributed by atoms with E-state index in [1.807, 2.05) is 0 Å². The molecule has 2 nitrogen and oxygen atoms in total. The molecule has 82 valence electrons. The first kappa shape index (κ1) is 10.7. The molecule has 1 aliphatic heterocycles. The van der Waals surface area contributed by atoms with Gasteiger partial charge < -0.3 is 5.73 Å². The summed E-state index contributed by atoms with van der Waals surface area (Å²) >= 11 is 0. The van der Waals surface area contributed by atoms with Gasteiger partial charge in [0.2, 0.25) is 0 Å². The van der Waals surface area contributed by atoms with Crippen molar-refractivity contribution in [3.63, 3.8) is 0 Å². The van der Waals surface area contributed by atoms with Gasteiger partial charge in [-0.2, -0.15) is 0 Å². The van der Waals surface area contributed by atoms with Crippen molar-refractivity contribution in [2.45, 2.75) is 32.4 Å². The maximum atomic E-state index is 5.87. The standard InChI is InChI=1S/C13H20N2/c1-2-3-8-15-10-11-6-4-5-7-12(11)13(15)9-14/h4-7,13H,2-3,8-10,14H2,1H3. The van der Waals surface area contributed by atoms with Gasteiger partial charge in [0, 0.05) is 19.1 Å². The van der Waals surface area contributed by atoms with E-state index in [2.05, 4.69) is 36.1 Å². The normalized spacial score (nSPS) is 20.5. The fraction of sp³-hybridized carbons (Fsp3) is 0.538. The molecule has 0 amide bonds. The number of benzene rings is 1. The monoisotopic (exact) mass is 204 g/mol. The summed E-state index contributed by atoms with van der Waals surface area (Å²) in [5.74, 6) is 0. The number of rotatable bonds is 4. The molecule has 0 aliphatic carbocycles. The number of nitrogens with zero attached hydrogens (tertiary/aromatic N) is 1. The van der Waals surface area contributed by atoms with Crippen LogP contribution in [0, 0.1) is 0 Å². The van der Waals surface area contributed by atoms with Crippen molar-refractivity contribution in [3.8, 4) is 0 Å². The molecule has 1 heterocycles. The van der Waals surface area contributed by atoms with E-state index >= 15 is 0 Å². The van der Waals surface area contributed by atoms with Crippen molar-refractivity contribution in [1.29, 1.82) is 0 Å². The zero-order chi connectivity index (χ0) is 10.7. The summed E-state index contributed by atoms with van der Waals surface area (Å²) in [7, 11) is 0. The Labute approximate surface area is 92.1 Å².